The van der Waals surface area contributed by atoms with E-state index in [9.17, 15) is 0 Å². The molecule has 0 fully saturated rings. The van der Waals surface area contributed by atoms with E-state index in [4.69, 9.17) is 0 Å². The van der Waals surface area contributed by atoms with Gasteiger partial charge in [-0.3, -0.25) is 0 Å². The zero-order chi connectivity index (χ0) is 12.0. The highest BCUT2D eigenvalue weighted by Crippen LogP contribution is 2.60. The van der Waals surface area contributed by atoms with Crippen LogP contribution in [0.4, 0.5) is 0 Å². The molecule has 0 atom stereocenters. The van der Waals surface area contributed by atoms with Crippen LogP contribution in [0.5, 0.6) is 0 Å². The van der Waals surface area contributed by atoms with Crippen molar-refractivity contribution in [2.45, 2.75) is 66.6 Å². The van der Waals surface area contributed by atoms with E-state index in [1.54, 1.807) is 0 Å². The zero-order valence-corrected chi connectivity index (χ0v) is 13.0. The predicted octanol–water partition coefficient (Wildman–Crippen LogP) is 5.26. The Morgan fingerprint density at radius 1 is 0.571 bits per heavy atom. The first-order valence-corrected chi connectivity index (χ1v) is 6.23. The average Bonchev–Trinajstić information content (AvgIpc) is 1.77. The number of hydrogen-bond acceptors (Lipinski definition) is 0. The van der Waals surface area contributed by atoms with Gasteiger partial charge in [0.1, 0.15) is 0 Å². The van der Waals surface area contributed by atoms with Gasteiger partial charge in [0.15, 0.2) is 0 Å². The lowest BCUT2D eigenvalue weighted by Gasteiger charge is -2.58. The van der Waals surface area contributed by atoms with E-state index in [-0.39, 0.29) is 20.6 Å². The number of hydrogen-bond donors (Lipinski definition) is 0. The van der Waals surface area contributed by atoms with Crippen LogP contribution >= 0.6 is 15.9 Å². The SMILES string of the molecule is CC(C)(C)C(C)(C(C)(C)C)C(C)(C)Br. The van der Waals surface area contributed by atoms with Crippen LogP contribution in [0.1, 0.15) is 62.3 Å². The molecule has 1 heteroatoms. The van der Waals surface area contributed by atoms with Crippen LogP contribution in [-0.2, 0) is 0 Å². The minimum atomic E-state index is 0.135. The van der Waals surface area contributed by atoms with Crippen molar-refractivity contribution in [3.05, 3.63) is 0 Å². The van der Waals surface area contributed by atoms with E-state index in [1.165, 1.54) is 0 Å². The topological polar surface area (TPSA) is 0 Å². The molecule has 0 aliphatic carbocycles. The highest BCUT2D eigenvalue weighted by atomic mass is 79.9. The van der Waals surface area contributed by atoms with Crippen molar-refractivity contribution < 1.29 is 0 Å². The Kier molecular flexibility index (Phi) is 3.62. The average molecular weight is 263 g/mol. The van der Waals surface area contributed by atoms with Crippen LogP contribution in [0.3, 0.4) is 0 Å². The van der Waals surface area contributed by atoms with Gasteiger partial charge >= 0.3 is 0 Å². The molecule has 0 amide bonds. The van der Waals surface area contributed by atoms with Gasteiger partial charge in [0.25, 0.3) is 0 Å². The maximum absolute atomic E-state index is 3.87. The molecule has 0 unspecified atom stereocenters. The fraction of sp³-hybridized carbons (Fsp3) is 1.00. The maximum atomic E-state index is 3.87. The van der Waals surface area contributed by atoms with Crippen LogP contribution < -0.4 is 0 Å². The zero-order valence-electron chi connectivity index (χ0n) is 11.4. The van der Waals surface area contributed by atoms with Gasteiger partial charge in [0.2, 0.25) is 0 Å². The van der Waals surface area contributed by atoms with Crippen LogP contribution in [0.25, 0.3) is 0 Å². The Bertz CT molecular complexity index is 159. The molecular formula is C13H27Br. The predicted molar refractivity (Wildman–Crippen MR) is 70.0 cm³/mol. The van der Waals surface area contributed by atoms with Gasteiger partial charge in [0.05, 0.1) is 0 Å². The second-order valence-electron chi connectivity index (χ2n) is 7.10. The molecule has 0 nitrogen and oxygen atoms in total. The molecule has 14 heavy (non-hydrogen) atoms. The van der Waals surface area contributed by atoms with E-state index >= 15 is 0 Å². The van der Waals surface area contributed by atoms with Crippen molar-refractivity contribution in [3.63, 3.8) is 0 Å². The molecule has 86 valence electrons. The summed E-state index contributed by atoms with van der Waals surface area (Å²) >= 11 is 3.87. The van der Waals surface area contributed by atoms with E-state index in [1.807, 2.05) is 0 Å². The first-order chi connectivity index (χ1) is 5.75. The van der Waals surface area contributed by atoms with Gasteiger partial charge in [-0.05, 0) is 30.1 Å². The Morgan fingerprint density at radius 2 is 0.786 bits per heavy atom. The summed E-state index contributed by atoms with van der Waals surface area (Å²) in [5, 5.41) is 0. The number of halogens is 1. The monoisotopic (exact) mass is 262 g/mol. The molecule has 0 aromatic rings. The third-order valence-corrected chi connectivity index (χ3v) is 4.98. The fourth-order valence-electron chi connectivity index (χ4n) is 2.91. The first kappa shape index (κ1) is 14.5. The molecular weight excluding hydrogens is 236 g/mol. The van der Waals surface area contributed by atoms with Crippen LogP contribution in [0.15, 0.2) is 0 Å². The molecule has 0 bridgehead atoms. The minimum absolute atomic E-state index is 0.135. The molecule has 0 radical (unpaired) electrons. The van der Waals surface area contributed by atoms with Gasteiger partial charge < -0.3 is 0 Å². The molecule has 0 spiro atoms. The van der Waals surface area contributed by atoms with E-state index in [2.05, 4.69) is 78.2 Å². The van der Waals surface area contributed by atoms with Gasteiger partial charge in [-0.1, -0.05) is 64.4 Å². The molecule has 0 N–H and O–H groups in total. The van der Waals surface area contributed by atoms with Crippen LogP contribution in [0, 0.1) is 16.2 Å². The molecule has 0 aromatic carbocycles. The molecule has 0 heterocycles. The lowest BCUT2D eigenvalue weighted by atomic mass is 9.50. The highest BCUT2D eigenvalue weighted by molar-refractivity contribution is 9.10. The Hall–Kier alpha value is 0.480. The molecule has 0 saturated carbocycles. The van der Waals surface area contributed by atoms with E-state index < -0.39 is 0 Å². The maximum Gasteiger partial charge on any atom is 0.0265 e. The summed E-state index contributed by atoms with van der Waals surface area (Å²) in [5.74, 6) is 0. The standard InChI is InChI=1S/C13H27Br/c1-10(2,3)13(9,11(4,5)6)12(7,8)14/h1-9H3. The van der Waals surface area contributed by atoms with Crippen molar-refractivity contribution in [2.75, 3.05) is 0 Å². The van der Waals surface area contributed by atoms with Crippen molar-refractivity contribution in [1.82, 2.24) is 0 Å². The fourth-order valence-corrected chi connectivity index (χ4v) is 4.10. The van der Waals surface area contributed by atoms with E-state index in [0.29, 0.717) is 0 Å². The van der Waals surface area contributed by atoms with Gasteiger partial charge in [-0.25, -0.2) is 0 Å². The summed E-state index contributed by atoms with van der Waals surface area (Å²) in [6.07, 6.45) is 0. The number of alkyl halides is 1. The third kappa shape index (κ3) is 2.18. The summed E-state index contributed by atoms with van der Waals surface area (Å²) in [6, 6.07) is 0. The van der Waals surface area contributed by atoms with Gasteiger partial charge in [0, 0.05) is 4.32 Å². The number of rotatable bonds is 1. The normalized spacial score (nSPS) is 15.9. The van der Waals surface area contributed by atoms with Crippen molar-refractivity contribution >= 4 is 15.9 Å². The van der Waals surface area contributed by atoms with Gasteiger partial charge in [-0.15, -0.1) is 0 Å². The molecule has 0 aliphatic rings. The first-order valence-electron chi connectivity index (χ1n) is 5.44. The summed E-state index contributed by atoms with van der Waals surface area (Å²) < 4.78 is 0.135. The largest absolute Gasteiger partial charge is 0.0853 e. The molecule has 0 saturated heterocycles. The second kappa shape index (κ2) is 3.50. The van der Waals surface area contributed by atoms with Crippen LogP contribution in [0.2, 0.25) is 0 Å². The lowest BCUT2D eigenvalue weighted by molar-refractivity contribution is -0.0384. The lowest BCUT2D eigenvalue weighted by Crippen LogP contribution is -2.54. The quantitative estimate of drug-likeness (QED) is 0.566. The summed E-state index contributed by atoms with van der Waals surface area (Å²) in [5.41, 5.74) is 0.781. The van der Waals surface area contributed by atoms with Crippen molar-refractivity contribution in [3.8, 4) is 0 Å². The van der Waals surface area contributed by atoms with E-state index in [0.717, 1.165) is 0 Å². The molecule has 0 rings (SSSR count). The summed E-state index contributed by atoms with van der Waals surface area (Å²) in [6.45, 7) is 21.0. The van der Waals surface area contributed by atoms with Crippen molar-refractivity contribution in [2.24, 2.45) is 16.2 Å². The third-order valence-electron chi connectivity index (χ3n) is 4.19. The van der Waals surface area contributed by atoms with Crippen LogP contribution in [-0.4, -0.2) is 4.32 Å². The minimum Gasteiger partial charge on any atom is -0.0853 e. The van der Waals surface area contributed by atoms with Crippen molar-refractivity contribution in [1.29, 1.82) is 0 Å². The van der Waals surface area contributed by atoms with Gasteiger partial charge in [-0.2, -0.15) is 0 Å². The summed E-state index contributed by atoms with van der Waals surface area (Å²) in [4.78, 5) is 0. The molecule has 0 aromatic heterocycles. The Labute approximate surface area is 99.0 Å². The smallest absolute Gasteiger partial charge is 0.0265 e. The second-order valence-corrected chi connectivity index (χ2v) is 9.08. The Balaban J connectivity index is 5.54. The Morgan fingerprint density at radius 3 is 0.786 bits per heavy atom. The molecule has 0 aliphatic heterocycles. The highest BCUT2D eigenvalue weighted by Gasteiger charge is 2.54. The summed E-state index contributed by atoms with van der Waals surface area (Å²) in [7, 11) is 0.